The molecule has 0 amide bonds. The van der Waals surface area contributed by atoms with Gasteiger partial charge in [0.2, 0.25) is 0 Å². The molecule has 0 radical (unpaired) electrons. The molecule has 0 aromatic rings. The number of aliphatic hydroxyl groups excluding tert-OH is 1. The van der Waals surface area contributed by atoms with E-state index in [2.05, 4.69) is 0 Å². The van der Waals surface area contributed by atoms with Gasteiger partial charge in [0.05, 0.1) is 15.9 Å². The first-order valence-electron chi connectivity index (χ1n) is 4.13. The molecular formula is C6H5N3O9. The Morgan fingerprint density at radius 1 is 1.11 bits per heavy atom. The largest absolute Gasteiger partial charge is 0.501 e. The molecule has 1 aliphatic rings. The summed E-state index contributed by atoms with van der Waals surface area (Å²) in [6.07, 6.45) is 0.0509. The Kier molecular flexibility index (Phi) is 3.00. The Morgan fingerprint density at radius 3 is 1.94 bits per heavy atom. The summed E-state index contributed by atoms with van der Waals surface area (Å²) in [7, 11) is 0. The highest BCUT2D eigenvalue weighted by Gasteiger charge is 2.62. The minimum absolute atomic E-state index is 0.0509. The number of hydrogen-bond acceptors (Lipinski definition) is 9. The van der Waals surface area contributed by atoms with Gasteiger partial charge in [0.1, 0.15) is 0 Å². The van der Waals surface area contributed by atoms with Crippen LogP contribution in [0.3, 0.4) is 0 Å². The summed E-state index contributed by atoms with van der Waals surface area (Å²) in [5, 5.41) is 59.3. The third-order valence-corrected chi connectivity index (χ3v) is 2.16. The number of nitrogens with zero attached hydrogens (tertiary/aromatic N) is 3. The summed E-state index contributed by atoms with van der Waals surface area (Å²) in [5.74, 6) is -5.24. The lowest BCUT2D eigenvalue weighted by molar-refractivity contribution is -0.575. The molecule has 1 aliphatic carbocycles. The van der Waals surface area contributed by atoms with Gasteiger partial charge in [-0.15, -0.1) is 0 Å². The average molecular weight is 263 g/mol. The predicted octanol–water partition coefficient (Wildman–Crippen LogP) is -1.47. The van der Waals surface area contributed by atoms with E-state index in [0.29, 0.717) is 0 Å². The Bertz CT molecular complexity index is 504. The standard InChI is InChI=1S/C6H5N3O9/c10-4-2(7(13)14)1-3(8(15)16)6(11,12)5(4)9(17)18/h1,5,10-12H. The van der Waals surface area contributed by atoms with Crippen LogP contribution in [0.15, 0.2) is 23.2 Å². The smallest absolute Gasteiger partial charge is 0.339 e. The molecular weight excluding hydrogens is 258 g/mol. The number of allylic oxidation sites excluding steroid dienone is 1. The quantitative estimate of drug-likeness (QED) is 0.310. The molecule has 12 nitrogen and oxygen atoms in total. The summed E-state index contributed by atoms with van der Waals surface area (Å²) in [5.41, 5.74) is -2.92. The SMILES string of the molecule is O=[N+]([O-])C1=CC([N+](=O)[O-])=C(O)C([N+](=O)[O-])C1(O)O. The first-order valence-corrected chi connectivity index (χ1v) is 4.13. The Labute approximate surface area is 96.5 Å². The third-order valence-electron chi connectivity index (χ3n) is 2.16. The molecule has 0 aliphatic heterocycles. The van der Waals surface area contributed by atoms with Crippen molar-refractivity contribution in [3.8, 4) is 0 Å². The van der Waals surface area contributed by atoms with E-state index in [4.69, 9.17) is 0 Å². The van der Waals surface area contributed by atoms with E-state index < -0.39 is 43.8 Å². The molecule has 0 saturated carbocycles. The van der Waals surface area contributed by atoms with Crippen molar-refractivity contribution in [1.29, 1.82) is 0 Å². The van der Waals surface area contributed by atoms with Gasteiger partial charge in [-0.1, -0.05) is 0 Å². The van der Waals surface area contributed by atoms with Crippen molar-refractivity contribution in [3.63, 3.8) is 0 Å². The molecule has 3 N–H and O–H groups in total. The zero-order valence-electron chi connectivity index (χ0n) is 8.29. The molecule has 12 heteroatoms. The maximum absolute atomic E-state index is 10.5. The van der Waals surface area contributed by atoms with E-state index in [1.807, 2.05) is 0 Å². The predicted molar refractivity (Wildman–Crippen MR) is 49.7 cm³/mol. The van der Waals surface area contributed by atoms with Gasteiger partial charge in [0, 0.05) is 4.92 Å². The maximum atomic E-state index is 10.5. The van der Waals surface area contributed by atoms with Crippen molar-refractivity contribution < 1.29 is 30.1 Å². The molecule has 0 aromatic heterocycles. The Balaban J connectivity index is 3.57. The number of nitro groups is 3. The second-order valence-corrected chi connectivity index (χ2v) is 3.23. The van der Waals surface area contributed by atoms with Crippen LogP contribution in [0.25, 0.3) is 0 Å². The van der Waals surface area contributed by atoms with E-state index >= 15 is 0 Å². The third kappa shape index (κ3) is 1.85. The highest BCUT2D eigenvalue weighted by atomic mass is 16.7. The number of hydrogen-bond donors (Lipinski definition) is 3. The van der Waals surface area contributed by atoms with Crippen LogP contribution in [0, 0.1) is 30.3 Å². The molecule has 1 unspecified atom stereocenters. The zero-order chi connectivity index (χ0) is 14.2. The summed E-state index contributed by atoms with van der Waals surface area (Å²) in [4.78, 5) is 27.2. The van der Waals surface area contributed by atoms with Crippen LogP contribution in [0.1, 0.15) is 0 Å². The van der Waals surface area contributed by atoms with Crippen LogP contribution >= 0.6 is 0 Å². The second-order valence-electron chi connectivity index (χ2n) is 3.23. The van der Waals surface area contributed by atoms with E-state index in [1.165, 1.54) is 0 Å². The molecule has 0 bridgehead atoms. The van der Waals surface area contributed by atoms with Gasteiger partial charge in [-0.25, -0.2) is 0 Å². The van der Waals surface area contributed by atoms with E-state index in [-0.39, 0.29) is 6.08 Å². The van der Waals surface area contributed by atoms with Crippen LogP contribution in [-0.2, 0) is 0 Å². The summed E-state index contributed by atoms with van der Waals surface area (Å²) >= 11 is 0. The topological polar surface area (TPSA) is 190 Å². The van der Waals surface area contributed by atoms with E-state index in [0.717, 1.165) is 0 Å². The summed E-state index contributed by atoms with van der Waals surface area (Å²) in [6.45, 7) is 0. The van der Waals surface area contributed by atoms with Crippen molar-refractivity contribution in [3.05, 3.63) is 53.6 Å². The van der Waals surface area contributed by atoms with Crippen LogP contribution in [-0.4, -0.2) is 41.9 Å². The second kappa shape index (κ2) is 4.01. The van der Waals surface area contributed by atoms with Crippen molar-refractivity contribution in [1.82, 2.24) is 0 Å². The van der Waals surface area contributed by atoms with Gasteiger partial charge in [-0.05, 0) is 0 Å². The minimum atomic E-state index is -3.66. The van der Waals surface area contributed by atoms with Crippen LogP contribution in [0.4, 0.5) is 0 Å². The van der Waals surface area contributed by atoms with Crippen LogP contribution in [0.5, 0.6) is 0 Å². The normalized spacial score (nSPS) is 22.3. The van der Waals surface area contributed by atoms with E-state index in [1.54, 1.807) is 0 Å². The van der Waals surface area contributed by atoms with Gasteiger partial charge in [0.25, 0.3) is 5.76 Å². The Morgan fingerprint density at radius 2 is 1.61 bits per heavy atom. The van der Waals surface area contributed by atoms with Gasteiger partial charge < -0.3 is 15.3 Å². The monoisotopic (exact) mass is 263 g/mol. The lowest BCUT2D eigenvalue weighted by Gasteiger charge is -2.23. The molecule has 0 aromatic carbocycles. The highest BCUT2D eigenvalue weighted by molar-refractivity contribution is 5.31. The lowest BCUT2D eigenvalue weighted by Crippen LogP contribution is -2.53. The number of aliphatic hydroxyl groups is 3. The fourth-order valence-corrected chi connectivity index (χ4v) is 1.36. The molecule has 0 spiro atoms. The first kappa shape index (κ1) is 13.5. The fraction of sp³-hybridized carbons (Fsp3) is 0.333. The van der Waals surface area contributed by atoms with Gasteiger partial charge in [-0.3, -0.25) is 30.3 Å². The fourth-order valence-electron chi connectivity index (χ4n) is 1.36. The first-order chi connectivity index (χ1) is 8.10. The molecule has 0 saturated heterocycles. The van der Waals surface area contributed by atoms with Crippen LogP contribution < -0.4 is 0 Å². The lowest BCUT2D eigenvalue weighted by atomic mass is 9.95. The summed E-state index contributed by atoms with van der Waals surface area (Å²) in [6, 6.07) is -2.82. The minimum Gasteiger partial charge on any atom is -0.501 e. The zero-order valence-corrected chi connectivity index (χ0v) is 8.29. The van der Waals surface area contributed by atoms with Crippen molar-refractivity contribution in [2.75, 3.05) is 0 Å². The average Bonchev–Trinajstić information content (AvgIpc) is 2.13. The van der Waals surface area contributed by atoms with Gasteiger partial charge >= 0.3 is 23.2 Å². The molecule has 18 heavy (non-hydrogen) atoms. The molecule has 0 heterocycles. The molecule has 0 fully saturated rings. The summed E-state index contributed by atoms with van der Waals surface area (Å²) < 4.78 is 0. The molecule has 98 valence electrons. The number of rotatable bonds is 3. The Hall–Kier alpha value is -2.60. The van der Waals surface area contributed by atoms with Crippen molar-refractivity contribution in [2.45, 2.75) is 11.8 Å². The van der Waals surface area contributed by atoms with Gasteiger partial charge in [0.15, 0.2) is 0 Å². The van der Waals surface area contributed by atoms with Crippen molar-refractivity contribution in [2.24, 2.45) is 0 Å². The van der Waals surface area contributed by atoms with E-state index in [9.17, 15) is 45.7 Å². The van der Waals surface area contributed by atoms with Crippen LogP contribution in [0.2, 0.25) is 0 Å². The molecule has 1 rings (SSSR count). The highest BCUT2D eigenvalue weighted by Crippen LogP contribution is 2.32. The van der Waals surface area contributed by atoms with Crippen molar-refractivity contribution >= 4 is 0 Å². The maximum Gasteiger partial charge on any atom is 0.339 e. The van der Waals surface area contributed by atoms with Gasteiger partial charge in [-0.2, -0.15) is 0 Å². The molecule has 1 atom stereocenters.